The summed E-state index contributed by atoms with van der Waals surface area (Å²) in [6.45, 7) is 9.07. The molecule has 6 nitrogen and oxygen atoms in total. The quantitative estimate of drug-likeness (QED) is 0.795. The summed E-state index contributed by atoms with van der Waals surface area (Å²) in [5, 5.41) is 8.69. The number of carbonyl (C=O) groups is 1. The Kier molecular flexibility index (Phi) is 6.91. The number of morpholine rings is 1. The maximum atomic E-state index is 13.3. The van der Waals surface area contributed by atoms with E-state index in [9.17, 15) is 4.79 Å². The molecular formula is C23H38N4O2. The van der Waals surface area contributed by atoms with Crippen molar-refractivity contribution < 1.29 is 9.53 Å². The highest BCUT2D eigenvalue weighted by Crippen LogP contribution is 2.28. The Labute approximate surface area is 175 Å². The summed E-state index contributed by atoms with van der Waals surface area (Å²) >= 11 is 0. The molecule has 1 atom stereocenters. The minimum absolute atomic E-state index is 0.0972. The second-order valence-corrected chi connectivity index (χ2v) is 9.61. The van der Waals surface area contributed by atoms with Gasteiger partial charge < -0.3 is 15.0 Å². The fourth-order valence-electron chi connectivity index (χ4n) is 5.17. The van der Waals surface area contributed by atoms with Crippen LogP contribution in [0.3, 0.4) is 0 Å². The predicted molar refractivity (Wildman–Crippen MR) is 114 cm³/mol. The van der Waals surface area contributed by atoms with E-state index in [-0.39, 0.29) is 5.91 Å². The minimum Gasteiger partial charge on any atom is -0.378 e. The number of ether oxygens (including phenoxy) is 1. The van der Waals surface area contributed by atoms with Crippen molar-refractivity contribution in [2.45, 2.75) is 77.8 Å². The summed E-state index contributed by atoms with van der Waals surface area (Å²) < 4.78 is 7.56. The van der Waals surface area contributed by atoms with Crippen molar-refractivity contribution in [2.24, 2.45) is 11.8 Å². The largest absolute Gasteiger partial charge is 0.378 e. The van der Waals surface area contributed by atoms with E-state index in [1.807, 2.05) is 4.90 Å². The average molecular weight is 403 g/mol. The van der Waals surface area contributed by atoms with E-state index in [0.29, 0.717) is 44.0 Å². The molecule has 29 heavy (non-hydrogen) atoms. The molecule has 1 saturated heterocycles. The van der Waals surface area contributed by atoms with Gasteiger partial charge >= 0.3 is 0 Å². The molecule has 1 aliphatic heterocycles. The summed E-state index contributed by atoms with van der Waals surface area (Å²) in [5.41, 5.74) is 3.20. The minimum atomic E-state index is 0.0972. The van der Waals surface area contributed by atoms with Gasteiger partial charge in [0.05, 0.1) is 13.2 Å². The molecule has 1 aromatic rings. The molecule has 4 rings (SSSR count). The smallest absolute Gasteiger partial charge is 0.274 e. The average Bonchev–Trinajstić information content (AvgIpc) is 3.10. The third-order valence-corrected chi connectivity index (χ3v) is 6.81. The topological polar surface area (TPSA) is 59.4 Å². The molecule has 1 aromatic heterocycles. The number of hydrogen-bond acceptors (Lipinski definition) is 4. The molecule has 2 aliphatic carbocycles. The number of nitrogens with one attached hydrogen (secondary N) is 1. The molecule has 0 aromatic carbocycles. The lowest BCUT2D eigenvalue weighted by Gasteiger charge is -2.29. The summed E-state index contributed by atoms with van der Waals surface area (Å²) in [6, 6.07) is 0.470. The molecule has 2 heterocycles. The van der Waals surface area contributed by atoms with Gasteiger partial charge in [0.2, 0.25) is 0 Å². The lowest BCUT2D eigenvalue weighted by molar-refractivity contribution is 0.0297. The zero-order valence-corrected chi connectivity index (χ0v) is 18.3. The molecule has 0 spiro atoms. The van der Waals surface area contributed by atoms with E-state index < -0.39 is 0 Å². The van der Waals surface area contributed by atoms with Crippen LogP contribution in [0.4, 0.5) is 0 Å². The van der Waals surface area contributed by atoms with Crippen molar-refractivity contribution in [3.8, 4) is 0 Å². The lowest BCUT2D eigenvalue weighted by Crippen LogP contribution is -2.42. The Balaban J connectivity index is 1.49. The molecule has 0 unspecified atom stereocenters. The lowest BCUT2D eigenvalue weighted by atomic mass is 9.87. The number of aromatic nitrogens is 2. The monoisotopic (exact) mass is 402 g/mol. The second-order valence-electron chi connectivity index (χ2n) is 9.61. The van der Waals surface area contributed by atoms with Crippen LogP contribution in [0.15, 0.2) is 0 Å². The summed E-state index contributed by atoms with van der Waals surface area (Å²) in [6.07, 6.45) is 10.0. The molecule has 1 N–H and O–H groups in total. The van der Waals surface area contributed by atoms with Gasteiger partial charge in [-0.15, -0.1) is 0 Å². The van der Waals surface area contributed by atoms with Gasteiger partial charge in [-0.2, -0.15) is 5.10 Å². The second kappa shape index (κ2) is 9.61. The van der Waals surface area contributed by atoms with Gasteiger partial charge in [0, 0.05) is 36.9 Å². The van der Waals surface area contributed by atoms with Crippen LogP contribution in [0.1, 0.15) is 74.1 Å². The molecule has 0 bridgehead atoms. The van der Waals surface area contributed by atoms with Crippen molar-refractivity contribution in [2.75, 3.05) is 32.8 Å². The number of amides is 1. The first-order chi connectivity index (χ1) is 14.1. The van der Waals surface area contributed by atoms with Crippen LogP contribution < -0.4 is 5.32 Å². The SMILES string of the molecule is CC(C)Cn1nc(C(=O)N2CCOCC2)c2c1CC[C@H](NCC1CCCCC1)C2. The normalized spacial score (nSPS) is 23.4. The highest BCUT2D eigenvalue weighted by molar-refractivity contribution is 5.94. The van der Waals surface area contributed by atoms with E-state index >= 15 is 0 Å². The van der Waals surface area contributed by atoms with E-state index in [1.54, 1.807) is 0 Å². The van der Waals surface area contributed by atoms with E-state index in [0.717, 1.165) is 38.3 Å². The first kappa shape index (κ1) is 20.9. The van der Waals surface area contributed by atoms with Gasteiger partial charge in [-0.05, 0) is 50.5 Å². The van der Waals surface area contributed by atoms with Gasteiger partial charge in [-0.3, -0.25) is 9.48 Å². The standard InChI is InChI=1S/C23H38N4O2/c1-17(2)16-27-21-9-8-19(24-15-18-6-4-3-5-7-18)14-20(21)22(25-27)23(28)26-10-12-29-13-11-26/h17-19,24H,3-16H2,1-2H3/t19-/m0/s1. The van der Waals surface area contributed by atoms with Crippen molar-refractivity contribution in [1.82, 2.24) is 20.0 Å². The number of fused-ring (bicyclic) bond motifs is 1. The van der Waals surface area contributed by atoms with Crippen LogP contribution in [0.2, 0.25) is 0 Å². The van der Waals surface area contributed by atoms with Crippen LogP contribution in [0.5, 0.6) is 0 Å². The van der Waals surface area contributed by atoms with E-state index in [1.165, 1.54) is 43.4 Å². The zero-order chi connectivity index (χ0) is 20.2. The van der Waals surface area contributed by atoms with Gasteiger partial charge in [-0.25, -0.2) is 0 Å². The van der Waals surface area contributed by atoms with Gasteiger partial charge in [0.25, 0.3) is 5.91 Å². The van der Waals surface area contributed by atoms with Crippen LogP contribution in [-0.2, 0) is 24.1 Å². The third-order valence-electron chi connectivity index (χ3n) is 6.81. The van der Waals surface area contributed by atoms with Crippen LogP contribution >= 0.6 is 0 Å². The highest BCUT2D eigenvalue weighted by atomic mass is 16.5. The highest BCUT2D eigenvalue weighted by Gasteiger charge is 2.32. The van der Waals surface area contributed by atoms with Crippen LogP contribution in [-0.4, -0.2) is 59.5 Å². The summed E-state index contributed by atoms with van der Waals surface area (Å²) in [5.74, 6) is 1.45. The van der Waals surface area contributed by atoms with Gasteiger partial charge in [0.15, 0.2) is 5.69 Å². The Morgan fingerprint density at radius 2 is 1.93 bits per heavy atom. The predicted octanol–water partition coefficient (Wildman–Crippen LogP) is 3.04. The van der Waals surface area contributed by atoms with Crippen LogP contribution in [0.25, 0.3) is 0 Å². The Hall–Kier alpha value is -1.40. The van der Waals surface area contributed by atoms with E-state index in [4.69, 9.17) is 9.84 Å². The molecule has 3 aliphatic rings. The van der Waals surface area contributed by atoms with Crippen molar-refractivity contribution in [3.05, 3.63) is 17.0 Å². The Morgan fingerprint density at radius 1 is 1.17 bits per heavy atom. The Bertz CT molecular complexity index is 687. The maximum absolute atomic E-state index is 13.3. The van der Waals surface area contributed by atoms with E-state index in [2.05, 4.69) is 23.8 Å². The first-order valence-electron chi connectivity index (χ1n) is 11.8. The zero-order valence-electron chi connectivity index (χ0n) is 18.3. The molecule has 1 saturated carbocycles. The Morgan fingerprint density at radius 3 is 2.66 bits per heavy atom. The number of hydrogen-bond donors (Lipinski definition) is 1. The molecule has 0 radical (unpaired) electrons. The molecule has 6 heteroatoms. The maximum Gasteiger partial charge on any atom is 0.274 e. The number of nitrogens with zero attached hydrogens (tertiary/aromatic N) is 3. The first-order valence-corrected chi connectivity index (χ1v) is 11.8. The third kappa shape index (κ3) is 5.02. The molecule has 2 fully saturated rings. The molecular weight excluding hydrogens is 364 g/mol. The van der Waals surface area contributed by atoms with Crippen molar-refractivity contribution in [3.63, 3.8) is 0 Å². The summed E-state index contributed by atoms with van der Waals surface area (Å²) in [7, 11) is 0. The molecule has 162 valence electrons. The van der Waals surface area contributed by atoms with Gasteiger partial charge in [-0.1, -0.05) is 33.1 Å². The molecule has 1 amide bonds. The fourth-order valence-corrected chi connectivity index (χ4v) is 5.17. The van der Waals surface area contributed by atoms with Crippen molar-refractivity contribution in [1.29, 1.82) is 0 Å². The number of rotatable bonds is 6. The van der Waals surface area contributed by atoms with Crippen LogP contribution in [0, 0.1) is 11.8 Å². The van der Waals surface area contributed by atoms with Crippen molar-refractivity contribution >= 4 is 5.91 Å². The van der Waals surface area contributed by atoms with Gasteiger partial charge in [0.1, 0.15) is 0 Å². The fraction of sp³-hybridized carbons (Fsp3) is 0.826. The number of carbonyl (C=O) groups excluding carboxylic acids is 1. The summed E-state index contributed by atoms with van der Waals surface area (Å²) in [4.78, 5) is 15.2.